The van der Waals surface area contributed by atoms with Crippen LogP contribution in [-0.2, 0) is 19.1 Å². The Balaban J connectivity index is 0.000000333. The van der Waals surface area contributed by atoms with Gasteiger partial charge in [0.15, 0.2) is 0 Å². The summed E-state index contributed by atoms with van der Waals surface area (Å²) in [5.74, 6) is -0.275. The van der Waals surface area contributed by atoms with E-state index < -0.39 is 11.2 Å². The molecule has 6 atom stereocenters. The Morgan fingerprint density at radius 2 is 1.14 bits per heavy atom. The Labute approximate surface area is 259 Å². The summed E-state index contributed by atoms with van der Waals surface area (Å²) in [7, 11) is 0. The number of primary amides is 2. The highest BCUT2D eigenvalue weighted by Gasteiger charge is 2.34. The van der Waals surface area contributed by atoms with Crippen LogP contribution >= 0.6 is 0 Å². The fourth-order valence-electron chi connectivity index (χ4n) is 5.11. The predicted molar refractivity (Wildman–Crippen MR) is 168 cm³/mol. The minimum absolute atomic E-state index is 0.0659. The van der Waals surface area contributed by atoms with Crippen LogP contribution in [0.1, 0.15) is 101 Å². The summed E-state index contributed by atoms with van der Waals surface area (Å²) in [6, 6.07) is 0.911. The molecule has 6 unspecified atom stereocenters. The first kappa shape index (κ1) is 38.4. The van der Waals surface area contributed by atoms with Crippen molar-refractivity contribution >= 4 is 24.0 Å². The van der Waals surface area contributed by atoms with Crippen molar-refractivity contribution < 1.29 is 28.7 Å². The number of hydrogen-bond donors (Lipinski definition) is 4. The van der Waals surface area contributed by atoms with Crippen LogP contribution in [0.4, 0.5) is 9.59 Å². The van der Waals surface area contributed by atoms with E-state index >= 15 is 0 Å². The number of hydrogen-bond acceptors (Lipinski definition) is 8. The molecule has 7 N–H and O–H groups in total. The van der Waals surface area contributed by atoms with Gasteiger partial charge in [-0.05, 0) is 113 Å². The molecule has 4 amide bonds. The average molecular weight is 613 g/mol. The van der Waals surface area contributed by atoms with E-state index in [2.05, 4.69) is 19.2 Å². The van der Waals surface area contributed by atoms with Crippen LogP contribution in [0.5, 0.6) is 0 Å². The number of piperidine rings is 3. The molecule has 3 saturated heterocycles. The van der Waals surface area contributed by atoms with Crippen molar-refractivity contribution in [2.45, 2.75) is 130 Å². The van der Waals surface area contributed by atoms with E-state index in [1.807, 2.05) is 53.4 Å². The third kappa shape index (κ3) is 14.6. The van der Waals surface area contributed by atoms with E-state index in [0.717, 1.165) is 51.6 Å². The summed E-state index contributed by atoms with van der Waals surface area (Å²) in [5, 5.41) is 3.21. The lowest BCUT2D eigenvalue weighted by molar-refractivity contribution is -0.124. The van der Waals surface area contributed by atoms with Gasteiger partial charge in [0, 0.05) is 37.8 Å². The van der Waals surface area contributed by atoms with E-state index in [1.165, 1.54) is 0 Å². The number of rotatable bonds is 3. The average Bonchev–Trinajstić information content (AvgIpc) is 2.88. The number of carbonyl (C=O) groups is 4. The molecule has 0 saturated carbocycles. The largest absolute Gasteiger partial charge is 0.444 e. The molecule has 43 heavy (non-hydrogen) atoms. The Bertz CT molecular complexity index is 909. The van der Waals surface area contributed by atoms with Crippen molar-refractivity contribution in [3.63, 3.8) is 0 Å². The van der Waals surface area contributed by atoms with Crippen LogP contribution in [0.3, 0.4) is 0 Å². The van der Waals surface area contributed by atoms with E-state index in [9.17, 15) is 19.2 Å². The molecule has 0 aliphatic carbocycles. The van der Waals surface area contributed by atoms with Crippen molar-refractivity contribution in [1.82, 2.24) is 15.1 Å². The molecule has 12 heteroatoms. The second-order valence-electron chi connectivity index (χ2n) is 14.3. The molecule has 0 aromatic carbocycles. The molecule has 0 bridgehead atoms. The smallest absolute Gasteiger partial charge is 0.410 e. The second kappa shape index (κ2) is 17.0. The number of ether oxygens (including phenoxy) is 2. The summed E-state index contributed by atoms with van der Waals surface area (Å²) in [5.41, 5.74) is 15.1. The van der Waals surface area contributed by atoms with Gasteiger partial charge >= 0.3 is 12.2 Å². The number of nitrogens with one attached hydrogen (secondary N) is 1. The lowest BCUT2D eigenvalue weighted by Gasteiger charge is -2.38. The molecule has 3 aliphatic heterocycles. The summed E-state index contributed by atoms with van der Waals surface area (Å²) in [6.07, 6.45) is 5.09. The van der Waals surface area contributed by atoms with Gasteiger partial charge in [0.2, 0.25) is 11.8 Å². The summed E-state index contributed by atoms with van der Waals surface area (Å²) in [4.78, 5) is 49.1. The molecule has 0 aromatic heterocycles. The van der Waals surface area contributed by atoms with Gasteiger partial charge < -0.3 is 41.8 Å². The molecule has 3 fully saturated rings. The van der Waals surface area contributed by atoms with Crippen molar-refractivity contribution in [2.75, 3.05) is 26.2 Å². The molecule has 3 aliphatic rings. The fraction of sp³-hybridized carbons (Fsp3) is 0.871. The number of amides is 4. The van der Waals surface area contributed by atoms with Crippen molar-refractivity contribution in [3.8, 4) is 0 Å². The van der Waals surface area contributed by atoms with Crippen molar-refractivity contribution in [1.29, 1.82) is 0 Å². The van der Waals surface area contributed by atoms with Gasteiger partial charge in [0.25, 0.3) is 0 Å². The molecule has 0 spiro atoms. The normalized spacial score (nSPS) is 27.9. The zero-order valence-corrected chi connectivity index (χ0v) is 28.1. The van der Waals surface area contributed by atoms with Gasteiger partial charge in [0.1, 0.15) is 11.2 Å². The van der Waals surface area contributed by atoms with E-state index in [0.29, 0.717) is 25.0 Å². The maximum Gasteiger partial charge on any atom is 0.410 e. The highest BCUT2D eigenvalue weighted by molar-refractivity contribution is 5.78. The molecule has 3 heterocycles. The molecule has 250 valence electrons. The minimum atomic E-state index is -0.517. The lowest BCUT2D eigenvalue weighted by Crippen LogP contribution is -2.50. The Kier molecular flexibility index (Phi) is 15.2. The van der Waals surface area contributed by atoms with Gasteiger partial charge in [-0.3, -0.25) is 9.59 Å². The maximum atomic E-state index is 11.9. The fourth-order valence-corrected chi connectivity index (χ4v) is 5.11. The summed E-state index contributed by atoms with van der Waals surface area (Å²) >= 11 is 0. The predicted octanol–water partition coefficient (Wildman–Crippen LogP) is 3.35. The van der Waals surface area contributed by atoms with Crippen molar-refractivity contribution in [2.24, 2.45) is 35.0 Å². The topological polar surface area (TPSA) is 183 Å². The first-order valence-electron chi connectivity index (χ1n) is 15.7. The molecule has 0 radical (unpaired) electrons. The van der Waals surface area contributed by atoms with Crippen LogP contribution in [0, 0.1) is 17.8 Å². The van der Waals surface area contributed by atoms with Crippen LogP contribution < -0.4 is 22.5 Å². The number of likely N-dealkylation sites (tertiary alicyclic amines) is 2. The molecule has 0 aromatic rings. The first-order chi connectivity index (χ1) is 19.7. The third-order valence-corrected chi connectivity index (χ3v) is 7.92. The molecular weight excluding hydrogens is 552 g/mol. The highest BCUT2D eigenvalue weighted by atomic mass is 16.6. The van der Waals surface area contributed by atoms with Gasteiger partial charge in [-0.2, -0.15) is 0 Å². The first-order valence-corrected chi connectivity index (χ1v) is 15.7. The van der Waals surface area contributed by atoms with E-state index in [1.54, 1.807) is 4.90 Å². The van der Waals surface area contributed by atoms with Gasteiger partial charge in [-0.1, -0.05) is 0 Å². The quantitative estimate of drug-likeness (QED) is 0.374. The maximum absolute atomic E-state index is 11.9. The summed E-state index contributed by atoms with van der Waals surface area (Å²) in [6.45, 7) is 19.8. The minimum Gasteiger partial charge on any atom is -0.444 e. The van der Waals surface area contributed by atoms with Gasteiger partial charge in [0.05, 0.1) is 11.8 Å². The van der Waals surface area contributed by atoms with E-state index in [-0.39, 0.29) is 47.9 Å². The van der Waals surface area contributed by atoms with Crippen LogP contribution in [-0.4, -0.2) is 89.3 Å². The van der Waals surface area contributed by atoms with Crippen LogP contribution in [0.2, 0.25) is 0 Å². The Morgan fingerprint density at radius 3 is 1.53 bits per heavy atom. The standard InChI is InChI=1S/C12H22N2O3.C12H24N2O2.C7H14N2O/c1-8-5-6-9(10(13)15)7-14(8)11(16)17-12(2,3)4;1-9-5-6-10(7-13)8-14(9)11(15)16-12(2,3)4;1-5-2-3-6(4-9-5)7(8)10/h8-9H,5-7H2,1-4H3,(H2,13,15);9-10H,5-8,13H2,1-4H3;5-6,9H,2-4H2,1H3,(H2,8,10). The second-order valence-corrected chi connectivity index (χ2v) is 14.3. The zero-order chi connectivity index (χ0) is 33.1. The van der Waals surface area contributed by atoms with Crippen LogP contribution in [0.25, 0.3) is 0 Å². The molecular formula is C31H60N6O6. The SMILES string of the molecule is CC1CCC(C(N)=O)CN1.CC1CCC(C(N)=O)CN1C(=O)OC(C)(C)C.CC1CCC(CN)CN1C(=O)OC(C)(C)C. The molecule has 3 rings (SSSR count). The zero-order valence-electron chi connectivity index (χ0n) is 28.1. The van der Waals surface area contributed by atoms with Crippen LogP contribution in [0.15, 0.2) is 0 Å². The number of nitrogens with two attached hydrogens (primary N) is 3. The van der Waals surface area contributed by atoms with E-state index in [4.69, 9.17) is 26.7 Å². The van der Waals surface area contributed by atoms with Gasteiger partial charge in [-0.15, -0.1) is 0 Å². The number of carbonyl (C=O) groups excluding carboxylic acids is 4. The highest BCUT2D eigenvalue weighted by Crippen LogP contribution is 2.25. The Morgan fingerprint density at radius 1 is 0.698 bits per heavy atom. The number of nitrogens with zero attached hydrogens (tertiary/aromatic N) is 2. The lowest BCUT2D eigenvalue weighted by atomic mass is 9.93. The Hall–Kier alpha value is -2.60. The molecule has 12 nitrogen and oxygen atoms in total. The summed E-state index contributed by atoms with van der Waals surface area (Å²) < 4.78 is 10.7. The monoisotopic (exact) mass is 612 g/mol. The van der Waals surface area contributed by atoms with Gasteiger partial charge in [-0.25, -0.2) is 9.59 Å². The third-order valence-electron chi connectivity index (χ3n) is 7.92. The van der Waals surface area contributed by atoms with Crippen molar-refractivity contribution in [3.05, 3.63) is 0 Å².